The summed E-state index contributed by atoms with van der Waals surface area (Å²) < 4.78 is 43.4. The van der Waals surface area contributed by atoms with E-state index in [-0.39, 0.29) is 6.10 Å². The fourth-order valence-corrected chi connectivity index (χ4v) is 3.84. The Kier molecular flexibility index (Phi) is 7.56. The molecule has 1 aromatic rings. The molecule has 3 atom stereocenters. The fourth-order valence-electron chi connectivity index (χ4n) is 3.84. The van der Waals surface area contributed by atoms with Crippen LogP contribution in [0.5, 0.6) is 5.88 Å². The summed E-state index contributed by atoms with van der Waals surface area (Å²) in [5.74, 6) is -0.410. The molecule has 0 aromatic carbocycles. The summed E-state index contributed by atoms with van der Waals surface area (Å²) in [4.78, 5) is 27.3. The Morgan fingerprint density at radius 2 is 2.03 bits per heavy atom. The van der Waals surface area contributed by atoms with Crippen LogP contribution in [-0.2, 0) is 14.3 Å². The molecule has 0 spiro atoms. The van der Waals surface area contributed by atoms with Crippen LogP contribution in [0.15, 0.2) is 18.3 Å². The molecule has 3 heterocycles. The van der Waals surface area contributed by atoms with Crippen molar-refractivity contribution in [1.82, 2.24) is 9.88 Å². The van der Waals surface area contributed by atoms with Crippen molar-refractivity contribution in [1.29, 1.82) is 5.26 Å². The molecule has 2 aliphatic heterocycles. The number of nitrogens with zero attached hydrogens (tertiary/aromatic N) is 3. The third-order valence-corrected chi connectivity index (χ3v) is 5.80. The first-order valence-corrected chi connectivity index (χ1v) is 10.4. The number of aromatic nitrogens is 1. The number of nitriles is 1. The Morgan fingerprint density at radius 1 is 1.31 bits per heavy atom. The first-order chi connectivity index (χ1) is 15.2. The van der Waals surface area contributed by atoms with Gasteiger partial charge in [-0.25, -0.2) is 9.78 Å². The van der Waals surface area contributed by atoms with Gasteiger partial charge in [0.25, 0.3) is 0 Å². The molecule has 0 radical (unpaired) electrons. The molecular formula is C21H24F3N3O5. The molecule has 8 nitrogen and oxygen atoms in total. The standard InChI is InChI=1S/C19H23N3O3.C2HF3O2/c20-8-14-3-4-18(21-9-14)24-6-5-15-12-25-17-11-22(10-16(15)17)19(23)7-13-1-2-13;3-2(4,5)1(6)7/h3-4,9,13,15-17H,1-2,5-7,10-12H2;(H,6,7)/t15-,16-,17-;/m0./s1. The van der Waals surface area contributed by atoms with E-state index in [0.29, 0.717) is 41.7 Å². The van der Waals surface area contributed by atoms with Crippen LogP contribution < -0.4 is 4.74 Å². The number of hydrogen-bond donors (Lipinski definition) is 1. The van der Waals surface area contributed by atoms with Crippen molar-refractivity contribution in [2.75, 3.05) is 26.3 Å². The zero-order chi connectivity index (χ0) is 23.3. The van der Waals surface area contributed by atoms with Crippen molar-refractivity contribution in [3.63, 3.8) is 0 Å². The van der Waals surface area contributed by atoms with E-state index in [1.165, 1.54) is 19.0 Å². The van der Waals surface area contributed by atoms with Crippen LogP contribution in [0.2, 0.25) is 0 Å². The van der Waals surface area contributed by atoms with Gasteiger partial charge >= 0.3 is 12.1 Å². The predicted octanol–water partition coefficient (Wildman–Crippen LogP) is 2.63. The molecule has 3 fully saturated rings. The number of pyridine rings is 1. The van der Waals surface area contributed by atoms with Crippen LogP contribution in [0.4, 0.5) is 13.2 Å². The predicted molar refractivity (Wildman–Crippen MR) is 103 cm³/mol. The number of hydrogen-bond acceptors (Lipinski definition) is 6. The zero-order valence-electron chi connectivity index (χ0n) is 17.3. The van der Waals surface area contributed by atoms with E-state index in [9.17, 15) is 18.0 Å². The van der Waals surface area contributed by atoms with Gasteiger partial charge in [0.15, 0.2) is 0 Å². The number of halogens is 3. The molecule has 1 aromatic heterocycles. The van der Waals surface area contributed by atoms with Gasteiger partial charge in [-0.1, -0.05) is 0 Å². The minimum Gasteiger partial charge on any atom is -0.478 e. The number of fused-ring (bicyclic) bond motifs is 1. The lowest BCUT2D eigenvalue weighted by molar-refractivity contribution is -0.192. The smallest absolute Gasteiger partial charge is 0.478 e. The van der Waals surface area contributed by atoms with E-state index in [0.717, 1.165) is 32.5 Å². The molecule has 174 valence electrons. The maximum Gasteiger partial charge on any atom is 0.490 e. The highest BCUT2D eigenvalue weighted by molar-refractivity contribution is 5.77. The largest absolute Gasteiger partial charge is 0.490 e. The number of carboxylic acid groups (broad SMARTS) is 1. The van der Waals surface area contributed by atoms with Gasteiger partial charge in [0.2, 0.25) is 11.8 Å². The van der Waals surface area contributed by atoms with E-state index in [1.807, 2.05) is 11.0 Å². The first kappa shape index (κ1) is 23.8. The van der Waals surface area contributed by atoms with E-state index in [4.69, 9.17) is 24.6 Å². The minimum atomic E-state index is -5.08. The number of alkyl halides is 3. The highest BCUT2D eigenvalue weighted by Gasteiger charge is 2.45. The van der Waals surface area contributed by atoms with E-state index >= 15 is 0 Å². The molecule has 1 saturated carbocycles. The number of rotatable bonds is 6. The maximum atomic E-state index is 12.3. The third kappa shape index (κ3) is 6.56. The fraction of sp³-hybridized carbons (Fsp3) is 0.619. The maximum absolute atomic E-state index is 12.3. The quantitative estimate of drug-likeness (QED) is 0.702. The molecule has 32 heavy (non-hydrogen) atoms. The van der Waals surface area contributed by atoms with Crippen molar-refractivity contribution in [2.24, 2.45) is 17.8 Å². The van der Waals surface area contributed by atoms with Crippen molar-refractivity contribution >= 4 is 11.9 Å². The van der Waals surface area contributed by atoms with E-state index < -0.39 is 12.1 Å². The summed E-state index contributed by atoms with van der Waals surface area (Å²) in [6, 6.07) is 5.47. The normalized spacial score (nSPS) is 24.2. The Labute approximate surface area is 182 Å². The summed E-state index contributed by atoms with van der Waals surface area (Å²) in [7, 11) is 0. The first-order valence-electron chi connectivity index (χ1n) is 10.4. The molecule has 4 rings (SSSR count). The van der Waals surface area contributed by atoms with Gasteiger partial charge < -0.3 is 19.5 Å². The number of carbonyl (C=O) groups excluding carboxylic acids is 1. The molecule has 1 N–H and O–H groups in total. The summed E-state index contributed by atoms with van der Waals surface area (Å²) in [5.41, 5.74) is 0.529. The second-order valence-corrected chi connectivity index (χ2v) is 8.18. The van der Waals surface area contributed by atoms with Gasteiger partial charge in [0, 0.05) is 37.7 Å². The summed E-state index contributed by atoms with van der Waals surface area (Å²) in [5, 5.41) is 15.9. The topological polar surface area (TPSA) is 113 Å². The average Bonchev–Trinajstić information content (AvgIpc) is 3.32. The lowest BCUT2D eigenvalue weighted by Gasteiger charge is -2.20. The van der Waals surface area contributed by atoms with Gasteiger partial charge in [-0.15, -0.1) is 0 Å². The van der Waals surface area contributed by atoms with Crippen LogP contribution in [0, 0.1) is 29.1 Å². The Bertz CT molecular complexity index is 852. The number of amides is 1. The van der Waals surface area contributed by atoms with E-state index in [2.05, 4.69) is 4.98 Å². The summed E-state index contributed by atoms with van der Waals surface area (Å²) in [6.07, 6.45) is 0.676. The number of ether oxygens (including phenoxy) is 2. The average molecular weight is 455 g/mol. The number of carbonyl (C=O) groups is 2. The highest BCUT2D eigenvalue weighted by Crippen LogP contribution is 2.38. The van der Waals surface area contributed by atoms with Crippen molar-refractivity contribution in [2.45, 2.75) is 38.0 Å². The van der Waals surface area contributed by atoms with Crippen LogP contribution >= 0.6 is 0 Å². The molecule has 0 unspecified atom stereocenters. The highest BCUT2D eigenvalue weighted by atomic mass is 19.4. The van der Waals surface area contributed by atoms with Crippen LogP contribution in [0.1, 0.15) is 31.2 Å². The zero-order valence-corrected chi connectivity index (χ0v) is 17.3. The van der Waals surface area contributed by atoms with Crippen LogP contribution in [0.25, 0.3) is 0 Å². The van der Waals surface area contributed by atoms with Gasteiger partial charge in [-0.3, -0.25) is 4.79 Å². The molecule has 1 aliphatic carbocycles. The van der Waals surface area contributed by atoms with Gasteiger partial charge in [-0.05, 0) is 37.2 Å². The lowest BCUT2D eigenvalue weighted by atomic mass is 9.91. The summed E-state index contributed by atoms with van der Waals surface area (Å²) in [6.45, 7) is 2.91. The third-order valence-electron chi connectivity index (χ3n) is 5.80. The summed E-state index contributed by atoms with van der Waals surface area (Å²) >= 11 is 0. The minimum absolute atomic E-state index is 0.196. The number of carboxylic acids is 1. The number of likely N-dealkylation sites (tertiary alicyclic amines) is 1. The monoisotopic (exact) mass is 455 g/mol. The molecule has 2 saturated heterocycles. The SMILES string of the molecule is N#Cc1ccc(OCC[C@H]2CO[C@H]3CN(C(=O)CC4CC4)C[C@@H]23)nc1.O=C(O)C(F)(F)F. The molecular weight excluding hydrogens is 431 g/mol. The molecule has 11 heteroatoms. The number of aliphatic carboxylic acids is 1. The molecule has 3 aliphatic rings. The van der Waals surface area contributed by atoms with Crippen molar-refractivity contribution in [3.05, 3.63) is 23.9 Å². The second kappa shape index (κ2) is 10.2. The lowest BCUT2D eigenvalue weighted by Crippen LogP contribution is -2.31. The van der Waals surface area contributed by atoms with Crippen molar-refractivity contribution in [3.8, 4) is 11.9 Å². The Hall–Kier alpha value is -2.87. The van der Waals surface area contributed by atoms with Gasteiger partial charge in [0.1, 0.15) is 6.07 Å². The van der Waals surface area contributed by atoms with Gasteiger partial charge in [0.05, 0.1) is 24.9 Å². The van der Waals surface area contributed by atoms with Crippen LogP contribution in [0.3, 0.4) is 0 Å². The van der Waals surface area contributed by atoms with Crippen LogP contribution in [-0.4, -0.2) is 65.5 Å². The van der Waals surface area contributed by atoms with Crippen molar-refractivity contribution < 1.29 is 37.3 Å². The Balaban J connectivity index is 0.000000360. The molecule has 1 amide bonds. The molecule has 0 bridgehead atoms. The van der Waals surface area contributed by atoms with Gasteiger partial charge in [-0.2, -0.15) is 18.4 Å². The second-order valence-electron chi connectivity index (χ2n) is 8.18. The van der Waals surface area contributed by atoms with E-state index in [1.54, 1.807) is 12.1 Å². The Morgan fingerprint density at radius 3 is 2.59 bits per heavy atom.